The predicted octanol–water partition coefficient (Wildman–Crippen LogP) is 1.36. The Bertz CT molecular complexity index is 684. The zero-order chi connectivity index (χ0) is 17.5. The van der Waals surface area contributed by atoms with Crippen molar-refractivity contribution in [2.75, 3.05) is 25.5 Å². The van der Waals surface area contributed by atoms with Gasteiger partial charge in [0.05, 0.1) is 35.6 Å². The Labute approximate surface area is 149 Å². The van der Waals surface area contributed by atoms with E-state index in [4.69, 9.17) is 27.6 Å². The van der Waals surface area contributed by atoms with Crippen LogP contribution in [0.3, 0.4) is 0 Å². The first-order chi connectivity index (χ1) is 11.5. The molecule has 0 spiro atoms. The monoisotopic (exact) mass is 370 g/mol. The highest BCUT2D eigenvalue weighted by atomic mass is 35.5. The molecule has 0 bridgehead atoms. The van der Waals surface area contributed by atoms with Gasteiger partial charge in [-0.1, -0.05) is 29.3 Å². The van der Waals surface area contributed by atoms with Crippen LogP contribution in [0.1, 0.15) is 5.76 Å². The molecule has 3 N–H and O–H groups in total. The molecule has 1 heterocycles. The third-order valence-corrected chi connectivity index (χ3v) is 3.82. The van der Waals surface area contributed by atoms with Crippen molar-refractivity contribution in [1.82, 2.24) is 5.32 Å². The molecule has 1 atom stereocenters. The summed E-state index contributed by atoms with van der Waals surface area (Å²) in [6, 6.07) is 8.51. The number of carbonyl (C=O) groups is 2. The number of para-hydroxylation sites is 1. The zero-order valence-corrected chi connectivity index (χ0v) is 14.6. The van der Waals surface area contributed by atoms with Crippen LogP contribution in [0.15, 0.2) is 41.0 Å². The maximum Gasteiger partial charge on any atom is 0.279 e. The first kappa shape index (κ1) is 18.3. The minimum absolute atomic E-state index is 0.107. The second-order valence-electron chi connectivity index (χ2n) is 5.31. The number of rotatable bonds is 7. The molecular formula is C16H18Cl2N3O3+. The Morgan fingerprint density at radius 3 is 2.38 bits per heavy atom. The Balaban J connectivity index is 1.77. The molecule has 1 aromatic heterocycles. The highest BCUT2D eigenvalue weighted by Gasteiger charge is 2.16. The van der Waals surface area contributed by atoms with E-state index in [-0.39, 0.29) is 24.9 Å². The number of nitrogens with one attached hydrogen (secondary N) is 3. The lowest BCUT2D eigenvalue weighted by molar-refractivity contribution is -0.862. The van der Waals surface area contributed by atoms with E-state index in [0.29, 0.717) is 28.0 Å². The number of hydrogen-bond donors (Lipinski definition) is 3. The zero-order valence-electron chi connectivity index (χ0n) is 13.1. The van der Waals surface area contributed by atoms with Crippen molar-refractivity contribution in [3.8, 4) is 0 Å². The molecule has 0 aliphatic heterocycles. The number of carbonyl (C=O) groups excluding carboxylic acids is 2. The quantitative estimate of drug-likeness (QED) is 0.688. The standard InChI is InChI=1S/C16H17Cl2N3O3/c1-21(9-14(22)19-8-11-4-3-7-24-11)10-15(23)20-16-12(17)5-2-6-13(16)18/h2-7H,8-10H2,1H3,(H,19,22)(H,20,23)/p+1. The SMILES string of the molecule is C[NH+](CC(=O)NCc1ccco1)CC(=O)Nc1c(Cl)cccc1Cl. The van der Waals surface area contributed by atoms with Crippen LogP contribution in [-0.4, -0.2) is 32.0 Å². The number of halogens is 2. The maximum absolute atomic E-state index is 12.1. The van der Waals surface area contributed by atoms with Crippen molar-refractivity contribution in [2.24, 2.45) is 0 Å². The second-order valence-corrected chi connectivity index (χ2v) is 6.13. The van der Waals surface area contributed by atoms with Gasteiger partial charge in [0, 0.05) is 0 Å². The first-order valence-corrected chi connectivity index (χ1v) is 8.05. The molecule has 128 valence electrons. The summed E-state index contributed by atoms with van der Waals surface area (Å²) >= 11 is 12.0. The average molecular weight is 371 g/mol. The maximum atomic E-state index is 12.1. The lowest BCUT2D eigenvalue weighted by atomic mass is 10.3. The van der Waals surface area contributed by atoms with Gasteiger partial charge in [0.15, 0.2) is 13.1 Å². The molecule has 24 heavy (non-hydrogen) atoms. The molecule has 2 rings (SSSR count). The lowest BCUT2D eigenvalue weighted by Gasteiger charge is -2.14. The highest BCUT2D eigenvalue weighted by Crippen LogP contribution is 2.29. The van der Waals surface area contributed by atoms with Crippen molar-refractivity contribution >= 4 is 40.7 Å². The van der Waals surface area contributed by atoms with Crippen LogP contribution in [0.5, 0.6) is 0 Å². The van der Waals surface area contributed by atoms with E-state index in [1.54, 1.807) is 43.6 Å². The molecule has 1 unspecified atom stereocenters. The Kier molecular flexibility index (Phi) is 6.66. The Hall–Kier alpha value is -2.02. The number of amides is 2. The number of hydrogen-bond acceptors (Lipinski definition) is 3. The Morgan fingerprint density at radius 1 is 1.08 bits per heavy atom. The summed E-state index contributed by atoms with van der Waals surface area (Å²) in [5.74, 6) is 0.223. The van der Waals surface area contributed by atoms with Gasteiger partial charge in [-0.25, -0.2) is 0 Å². The van der Waals surface area contributed by atoms with E-state index in [0.717, 1.165) is 4.90 Å². The third-order valence-electron chi connectivity index (χ3n) is 3.19. The van der Waals surface area contributed by atoms with E-state index >= 15 is 0 Å². The van der Waals surface area contributed by atoms with Crippen LogP contribution in [0.4, 0.5) is 5.69 Å². The van der Waals surface area contributed by atoms with Gasteiger partial charge in [-0.3, -0.25) is 9.59 Å². The van der Waals surface area contributed by atoms with Crippen LogP contribution in [-0.2, 0) is 16.1 Å². The molecule has 1 aromatic carbocycles. The van der Waals surface area contributed by atoms with E-state index in [1.165, 1.54) is 0 Å². The van der Waals surface area contributed by atoms with Crippen LogP contribution >= 0.6 is 23.2 Å². The molecule has 0 radical (unpaired) electrons. The molecule has 0 aliphatic carbocycles. The summed E-state index contributed by atoms with van der Waals surface area (Å²) in [5.41, 5.74) is 0.376. The molecule has 0 fully saturated rings. The predicted molar refractivity (Wildman–Crippen MR) is 92.3 cm³/mol. The topological polar surface area (TPSA) is 75.8 Å². The number of furan rings is 1. The number of benzene rings is 1. The van der Waals surface area contributed by atoms with Crippen LogP contribution in [0, 0.1) is 0 Å². The van der Waals surface area contributed by atoms with Gasteiger partial charge >= 0.3 is 0 Å². The van der Waals surface area contributed by atoms with Crippen molar-refractivity contribution in [3.63, 3.8) is 0 Å². The van der Waals surface area contributed by atoms with Gasteiger partial charge in [0.25, 0.3) is 11.8 Å². The molecule has 2 amide bonds. The van der Waals surface area contributed by atoms with Gasteiger partial charge in [0.1, 0.15) is 5.76 Å². The first-order valence-electron chi connectivity index (χ1n) is 7.30. The van der Waals surface area contributed by atoms with E-state index in [1.807, 2.05) is 0 Å². The smallest absolute Gasteiger partial charge is 0.279 e. The van der Waals surface area contributed by atoms with Crippen LogP contribution in [0.2, 0.25) is 10.0 Å². The van der Waals surface area contributed by atoms with Gasteiger partial charge in [-0.15, -0.1) is 0 Å². The fourth-order valence-corrected chi connectivity index (χ4v) is 2.56. The average Bonchev–Trinajstić information content (AvgIpc) is 3.02. The van der Waals surface area contributed by atoms with E-state index < -0.39 is 0 Å². The minimum atomic E-state index is -0.277. The molecule has 0 aliphatic rings. The fourth-order valence-electron chi connectivity index (χ4n) is 2.07. The summed E-state index contributed by atoms with van der Waals surface area (Å²) in [6.07, 6.45) is 1.54. The number of likely N-dealkylation sites (N-methyl/N-ethyl adjacent to an activating group) is 1. The molecule has 0 saturated heterocycles. The minimum Gasteiger partial charge on any atom is -0.467 e. The van der Waals surface area contributed by atoms with Gasteiger partial charge < -0.3 is 20.0 Å². The number of quaternary nitrogens is 1. The second kappa shape index (κ2) is 8.73. The largest absolute Gasteiger partial charge is 0.467 e. The van der Waals surface area contributed by atoms with Crippen molar-refractivity contribution < 1.29 is 18.9 Å². The fraction of sp³-hybridized carbons (Fsp3) is 0.250. The van der Waals surface area contributed by atoms with Gasteiger partial charge in [0.2, 0.25) is 0 Å². The summed E-state index contributed by atoms with van der Waals surface area (Å²) in [5, 5.41) is 6.13. The molecular weight excluding hydrogens is 353 g/mol. The molecule has 6 nitrogen and oxygen atoms in total. The summed E-state index contributed by atoms with van der Waals surface area (Å²) < 4.78 is 5.13. The van der Waals surface area contributed by atoms with Crippen molar-refractivity contribution in [2.45, 2.75) is 6.54 Å². The van der Waals surface area contributed by atoms with E-state index in [2.05, 4.69) is 10.6 Å². The Morgan fingerprint density at radius 2 is 1.75 bits per heavy atom. The normalized spacial score (nSPS) is 11.8. The highest BCUT2D eigenvalue weighted by molar-refractivity contribution is 6.39. The molecule has 2 aromatic rings. The van der Waals surface area contributed by atoms with Gasteiger partial charge in [-0.05, 0) is 24.3 Å². The third kappa shape index (κ3) is 5.56. The summed E-state index contributed by atoms with van der Waals surface area (Å²) in [4.78, 5) is 24.6. The molecule has 0 saturated carbocycles. The lowest BCUT2D eigenvalue weighted by Crippen LogP contribution is -3.11. The van der Waals surface area contributed by atoms with Crippen molar-refractivity contribution in [1.29, 1.82) is 0 Å². The molecule has 8 heteroatoms. The van der Waals surface area contributed by atoms with Gasteiger partial charge in [-0.2, -0.15) is 0 Å². The van der Waals surface area contributed by atoms with Crippen molar-refractivity contribution in [3.05, 3.63) is 52.4 Å². The number of anilines is 1. The summed E-state index contributed by atoms with van der Waals surface area (Å²) in [6.45, 7) is 0.584. The van der Waals surface area contributed by atoms with Crippen LogP contribution in [0.25, 0.3) is 0 Å². The summed E-state index contributed by atoms with van der Waals surface area (Å²) in [7, 11) is 1.75. The van der Waals surface area contributed by atoms with E-state index in [9.17, 15) is 9.59 Å². The van der Waals surface area contributed by atoms with Crippen LogP contribution < -0.4 is 15.5 Å².